The van der Waals surface area contributed by atoms with E-state index in [1.807, 2.05) is 6.92 Å². The van der Waals surface area contributed by atoms with E-state index in [-0.39, 0.29) is 12.4 Å². The Morgan fingerprint density at radius 1 is 1.35 bits per heavy atom. The molecule has 0 saturated heterocycles. The third-order valence-electron chi connectivity index (χ3n) is 2.24. The fraction of sp³-hybridized carbons (Fsp3) is 0.500. The number of nitrogen functional groups attached to an aromatic ring is 1. The first kappa shape index (κ1) is 13.2. The third-order valence-corrected chi connectivity index (χ3v) is 2.24. The quantitative estimate of drug-likeness (QED) is 0.387. The molecule has 7 nitrogen and oxygen atoms in total. The molecule has 7 heteroatoms. The minimum absolute atomic E-state index is 0.266. The number of hydrogen-bond acceptors (Lipinski definition) is 7. The SMILES string of the molecule is COC(=O)CCNc1nc(C)nc(NN)c1C. The van der Waals surface area contributed by atoms with Gasteiger partial charge in [0.25, 0.3) is 0 Å². The highest BCUT2D eigenvalue weighted by Crippen LogP contribution is 2.18. The Morgan fingerprint density at radius 2 is 2.00 bits per heavy atom. The Bertz CT molecular complexity index is 408. The van der Waals surface area contributed by atoms with Crippen LogP contribution in [0.1, 0.15) is 17.8 Å². The maximum Gasteiger partial charge on any atom is 0.307 e. The largest absolute Gasteiger partial charge is 0.469 e. The van der Waals surface area contributed by atoms with Crippen molar-refractivity contribution in [1.82, 2.24) is 9.97 Å². The molecule has 0 saturated carbocycles. The van der Waals surface area contributed by atoms with E-state index in [2.05, 4.69) is 25.4 Å². The fourth-order valence-corrected chi connectivity index (χ4v) is 1.33. The number of carbonyl (C=O) groups is 1. The number of hydrazine groups is 1. The monoisotopic (exact) mass is 239 g/mol. The molecule has 0 fully saturated rings. The first-order valence-electron chi connectivity index (χ1n) is 5.21. The lowest BCUT2D eigenvalue weighted by molar-refractivity contribution is -0.140. The maximum atomic E-state index is 10.9. The molecule has 94 valence electrons. The van der Waals surface area contributed by atoms with Crippen molar-refractivity contribution in [2.75, 3.05) is 24.4 Å². The first-order valence-corrected chi connectivity index (χ1v) is 5.21. The van der Waals surface area contributed by atoms with E-state index in [0.29, 0.717) is 24.0 Å². The van der Waals surface area contributed by atoms with Gasteiger partial charge in [0.05, 0.1) is 13.5 Å². The highest BCUT2D eigenvalue weighted by atomic mass is 16.5. The number of methoxy groups -OCH3 is 1. The molecule has 0 bridgehead atoms. The van der Waals surface area contributed by atoms with Crippen LogP contribution < -0.4 is 16.6 Å². The number of ether oxygens (including phenoxy) is 1. The summed E-state index contributed by atoms with van der Waals surface area (Å²) in [5.74, 6) is 6.91. The number of carbonyl (C=O) groups excluding carboxylic acids is 1. The Labute approximate surface area is 99.7 Å². The number of aromatic nitrogens is 2. The Morgan fingerprint density at radius 3 is 2.59 bits per heavy atom. The van der Waals surface area contributed by atoms with Crippen molar-refractivity contribution in [2.24, 2.45) is 5.84 Å². The highest BCUT2D eigenvalue weighted by molar-refractivity contribution is 5.70. The molecule has 0 atom stereocenters. The molecule has 17 heavy (non-hydrogen) atoms. The molecule has 1 aromatic rings. The normalized spacial score (nSPS) is 9.88. The Hall–Kier alpha value is -1.89. The minimum atomic E-state index is -0.266. The van der Waals surface area contributed by atoms with Gasteiger partial charge in [0.2, 0.25) is 0 Å². The molecule has 1 heterocycles. The lowest BCUT2D eigenvalue weighted by Gasteiger charge is -2.11. The van der Waals surface area contributed by atoms with Crippen molar-refractivity contribution < 1.29 is 9.53 Å². The van der Waals surface area contributed by atoms with E-state index in [1.54, 1.807) is 6.92 Å². The zero-order valence-corrected chi connectivity index (χ0v) is 10.2. The van der Waals surface area contributed by atoms with Gasteiger partial charge in [-0.1, -0.05) is 0 Å². The Balaban J connectivity index is 2.70. The number of rotatable bonds is 5. The number of anilines is 2. The topological polar surface area (TPSA) is 102 Å². The van der Waals surface area contributed by atoms with Gasteiger partial charge in [-0.2, -0.15) is 0 Å². The molecule has 0 spiro atoms. The van der Waals surface area contributed by atoms with E-state index < -0.39 is 0 Å². The van der Waals surface area contributed by atoms with Crippen LogP contribution in [-0.2, 0) is 9.53 Å². The summed E-state index contributed by atoms with van der Waals surface area (Å²) in [7, 11) is 1.36. The number of aryl methyl sites for hydroxylation is 1. The molecule has 1 rings (SSSR count). The van der Waals surface area contributed by atoms with Gasteiger partial charge in [0, 0.05) is 12.1 Å². The number of esters is 1. The summed E-state index contributed by atoms with van der Waals surface area (Å²) in [5.41, 5.74) is 3.31. The molecular weight excluding hydrogens is 222 g/mol. The van der Waals surface area contributed by atoms with Crippen LogP contribution in [0, 0.1) is 13.8 Å². The second kappa shape index (κ2) is 6.00. The van der Waals surface area contributed by atoms with Crippen LogP contribution in [0.15, 0.2) is 0 Å². The molecule has 0 aliphatic rings. The van der Waals surface area contributed by atoms with E-state index in [0.717, 1.165) is 5.56 Å². The lowest BCUT2D eigenvalue weighted by atomic mass is 10.3. The van der Waals surface area contributed by atoms with Gasteiger partial charge < -0.3 is 15.5 Å². The summed E-state index contributed by atoms with van der Waals surface area (Å²) >= 11 is 0. The number of hydrogen-bond donors (Lipinski definition) is 3. The van der Waals surface area contributed by atoms with Crippen LogP contribution in [-0.4, -0.2) is 29.6 Å². The summed E-state index contributed by atoms with van der Waals surface area (Å²) < 4.78 is 4.54. The molecule has 0 aliphatic heterocycles. The van der Waals surface area contributed by atoms with Crippen molar-refractivity contribution in [3.63, 3.8) is 0 Å². The standard InChI is InChI=1S/C10H17N5O2/c1-6-9(12-5-4-8(16)17-3)13-7(2)14-10(6)15-11/h4-5,11H2,1-3H3,(H2,12,13,14,15). The molecule has 4 N–H and O–H groups in total. The molecule has 1 aromatic heterocycles. The van der Waals surface area contributed by atoms with Crippen molar-refractivity contribution in [1.29, 1.82) is 0 Å². The summed E-state index contributed by atoms with van der Waals surface area (Å²) in [6, 6.07) is 0. The van der Waals surface area contributed by atoms with Crippen molar-refractivity contribution in [2.45, 2.75) is 20.3 Å². The van der Waals surface area contributed by atoms with E-state index in [9.17, 15) is 4.79 Å². The van der Waals surface area contributed by atoms with Crippen molar-refractivity contribution in [3.8, 4) is 0 Å². The average Bonchev–Trinajstić information content (AvgIpc) is 2.32. The van der Waals surface area contributed by atoms with Crippen LogP contribution in [0.2, 0.25) is 0 Å². The first-order chi connectivity index (χ1) is 8.08. The van der Waals surface area contributed by atoms with Crippen LogP contribution in [0.3, 0.4) is 0 Å². The molecule has 0 aromatic carbocycles. The van der Waals surface area contributed by atoms with Gasteiger partial charge in [-0.25, -0.2) is 15.8 Å². The number of nitrogens with zero attached hydrogens (tertiary/aromatic N) is 2. The predicted octanol–water partition coefficient (Wildman–Crippen LogP) is 0.354. The zero-order valence-electron chi connectivity index (χ0n) is 10.2. The van der Waals surface area contributed by atoms with E-state index >= 15 is 0 Å². The highest BCUT2D eigenvalue weighted by Gasteiger charge is 2.08. The van der Waals surface area contributed by atoms with Gasteiger partial charge in [0.15, 0.2) is 0 Å². The van der Waals surface area contributed by atoms with Crippen LogP contribution in [0.5, 0.6) is 0 Å². The third kappa shape index (κ3) is 3.56. The van der Waals surface area contributed by atoms with Gasteiger partial charge in [-0.05, 0) is 13.8 Å². The second-order valence-corrected chi connectivity index (χ2v) is 3.49. The number of nitrogens with two attached hydrogens (primary N) is 1. The van der Waals surface area contributed by atoms with Crippen LogP contribution in [0.4, 0.5) is 11.6 Å². The molecule has 0 amide bonds. The second-order valence-electron chi connectivity index (χ2n) is 3.49. The van der Waals surface area contributed by atoms with Crippen molar-refractivity contribution >= 4 is 17.6 Å². The molecule has 0 unspecified atom stereocenters. The lowest BCUT2D eigenvalue weighted by Crippen LogP contribution is -2.15. The van der Waals surface area contributed by atoms with Gasteiger partial charge in [0.1, 0.15) is 17.5 Å². The van der Waals surface area contributed by atoms with Crippen molar-refractivity contribution in [3.05, 3.63) is 11.4 Å². The fourth-order valence-electron chi connectivity index (χ4n) is 1.33. The Kier molecular flexibility index (Phi) is 4.65. The molecule has 0 aliphatic carbocycles. The molecule has 0 radical (unpaired) electrons. The van der Waals surface area contributed by atoms with Crippen LogP contribution >= 0.6 is 0 Å². The zero-order chi connectivity index (χ0) is 12.8. The minimum Gasteiger partial charge on any atom is -0.469 e. The summed E-state index contributed by atoms with van der Waals surface area (Å²) in [6.45, 7) is 4.06. The maximum absolute atomic E-state index is 10.9. The summed E-state index contributed by atoms with van der Waals surface area (Å²) in [4.78, 5) is 19.3. The van der Waals surface area contributed by atoms with Gasteiger partial charge in [-0.15, -0.1) is 0 Å². The van der Waals surface area contributed by atoms with E-state index in [4.69, 9.17) is 5.84 Å². The average molecular weight is 239 g/mol. The van der Waals surface area contributed by atoms with Gasteiger partial charge >= 0.3 is 5.97 Å². The smallest absolute Gasteiger partial charge is 0.307 e. The number of nitrogens with one attached hydrogen (secondary N) is 2. The molecular formula is C10H17N5O2. The summed E-state index contributed by atoms with van der Waals surface area (Å²) in [5, 5.41) is 3.05. The summed E-state index contributed by atoms with van der Waals surface area (Å²) in [6.07, 6.45) is 0.282. The van der Waals surface area contributed by atoms with Crippen LogP contribution in [0.25, 0.3) is 0 Å². The predicted molar refractivity (Wildman–Crippen MR) is 64.4 cm³/mol. The van der Waals surface area contributed by atoms with E-state index in [1.165, 1.54) is 7.11 Å². The van der Waals surface area contributed by atoms with Gasteiger partial charge in [-0.3, -0.25) is 4.79 Å².